The van der Waals surface area contributed by atoms with Crippen molar-refractivity contribution in [2.45, 2.75) is 27.2 Å². The van der Waals surface area contributed by atoms with Crippen LogP contribution in [-0.4, -0.2) is 24.8 Å². The zero-order chi connectivity index (χ0) is 8.69. The smallest absolute Gasteiger partial charge is 0.0402 e. The summed E-state index contributed by atoms with van der Waals surface area (Å²) >= 11 is 0. The summed E-state index contributed by atoms with van der Waals surface area (Å²) in [7, 11) is 0. The number of rotatable bonds is 0. The third-order valence-electron chi connectivity index (χ3n) is 1.88. The summed E-state index contributed by atoms with van der Waals surface area (Å²) < 4.78 is 0. The van der Waals surface area contributed by atoms with E-state index < -0.39 is 0 Å². The minimum Gasteiger partial charge on any atom is -0.397 e. The Balaban J connectivity index is 0.000000176. The number of piperidine rings is 1. The van der Waals surface area contributed by atoms with Crippen molar-refractivity contribution in [3.63, 3.8) is 0 Å². The van der Waals surface area contributed by atoms with Gasteiger partial charge in [0.2, 0.25) is 0 Å². The highest BCUT2D eigenvalue weighted by molar-refractivity contribution is 4.94. The van der Waals surface area contributed by atoms with Crippen LogP contribution in [0.15, 0.2) is 0 Å². The Morgan fingerprint density at radius 3 is 1.73 bits per heavy atom. The summed E-state index contributed by atoms with van der Waals surface area (Å²) in [5.41, 5.74) is 0. The second kappa shape index (κ2) is 6.62. The van der Waals surface area contributed by atoms with Crippen LogP contribution in [0.25, 0.3) is 0 Å². The monoisotopic (exact) mass is 159 g/mol. The molecule has 0 aromatic carbocycles. The molecular formula is C9H21NO. The minimum absolute atomic E-state index is 0.250. The van der Waals surface area contributed by atoms with E-state index in [0.29, 0.717) is 0 Å². The molecule has 0 radical (unpaired) electrons. The molecule has 2 rings (SSSR count). The summed E-state index contributed by atoms with van der Waals surface area (Å²) in [6, 6.07) is 0. The average Bonchev–Trinajstić information content (AvgIpc) is 2.65. The van der Waals surface area contributed by atoms with E-state index in [0.717, 1.165) is 11.8 Å². The molecule has 0 aromatic rings. The Morgan fingerprint density at radius 2 is 1.64 bits per heavy atom. The molecule has 2 aliphatic rings. The lowest BCUT2D eigenvalue weighted by Gasteiger charge is -1.87. The van der Waals surface area contributed by atoms with Gasteiger partial charge in [-0.25, -0.2) is 0 Å². The van der Waals surface area contributed by atoms with Crippen LogP contribution in [0, 0.1) is 11.8 Å². The molecule has 1 heterocycles. The van der Waals surface area contributed by atoms with E-state index in [9.17, 15) is 0 Å². The number of hydrogen-bond acceptors (Lipinski definition) is 2. The largest absolute Gasteiger partial charge is 0.397 e. The number of aliphatic hydroxyl groups is 1. The second-order valence-corrected chi connectivity index (χ2v) is 2.73. The first-order chi connectivity index (χ1) is 5.38. The van der Waals surface area contributed by atoms with Crippen molar-refractivity contribution in [2.24, 2.45) is 11.8 Å². The maximum absolute atomic E-state index is 7.57. The molecule has 2 nitrogen and oxygen atoms in total. The first-order valence-electron chi connectivity index (χ1n) is 4.70. The predicted molar refractivity (Wildman–Crippen MR) is 48.6 cm³/mol. The van der Waals surface area contributed by atoms with Crippen LogP contribution in [0.1, 0.15) is 27.2 Å². The second-order valence-electron chi connectivity index (χ2n) is 2.73. The third kappa shape index (κ3) is 4.38. The number of aliphatic hydroxyl groups excluding tert-OH is 1. The molecule has 2 N–H and O–H groups in total. The molecule has 2 heteroatoms. The number of fused-ring (bicyclic) bond motifs is 1. The fourth-order valence-corrected chi connectivity index (χ4v) is 1.26. The van der Waals surface area contributed by atoms with Crippen molar-refractivity contribution >= 4 is 0 Å². The van der Waals surface area contributed by atoms with E-state index in [4.69, 9.17) is 5.11 Å². The highest BCUT2D eigenvalue weighted by atomic mass is 16.2. The SMILES string of the molecule is C1NCC2CC12.CC.CCO. The lowest BCUT2D eigenvalue weighted by atomic mass is 10.4. The summed E-state index contributed by atoms with van der Waals surface area (Å²) in [4.78, 5) is 0. The van der Waals surface area contributed by atoms with Gasteiger partial charge in [-0.15, -0.1) is 0 Å². The molecule has 1 saturated heterocycles. The van der Waals surface area contributed by atoms with Gasteiger partial charge in [-0.1, -0.05) is 13.8 Å². The maximum Gasteiger partial charge on any atom is 0.0402 e. The standard InChI is InChI=1S/C5H9N.C2H6O.C2H6/c1-4-2-6-3-5(1)4;1-2-3;1-2/h4-6H,1-3H2;3H,2H2,1H3;1-2H3. The topological polar surface area (TPSA) is 32.3 Å². The highest BCUT2D eigenvalue weighted by Gasteiger charge is 2.40. The van der Waals surface area contributed by atoms with Crippen LogP contribution < -0.4 is 5.32 Å². The Bertz CT molecular complexity index is 77.6. The summed E-state index contributed by atoms with van der Waals surface area (Å²) in [5, 5.41) is 10.9. The van der Waals surface area contributed by atoms with E-state index in [1.165, 1.54) is 19.5 Å². The van der Waals surface area contributed by atoms with Gasteiger partial charge >= 0.3 is 0 Å². The predicted octanol–water partition coefficient (Wildman–Crippen LogP) is 1.25. The van der Waals surface area contributed by atoms with E-state index in [2.05, 4.69) is 5.32 Å². The summed E-state index contributed by atoms with van der Waals surface area (Å²) in [6.45, 7) is 8.55. The van der Waals surface area contributed by atoms with Gasteiger partial charge in [-0.2, -0.15) is 0 Å². The molecule has 68 valence electrons. The van der Waals surface area contributed by atoms with Crippen LogP contribution >= 0.6 is 0 Å². The van der Waals surface area contributed by atoms with Gasteiger partial charge in [-0.3, -0.25) is 0 Å². The van der Waals surface area contributed by atoms with Crippen molar-refractivity contribution in [1.29, 1.82) is 0 Å². The summed E-state index contributed by atoms with van der Waals surface area (Å²) in [6.07, 6.45) is 1.52. The Hall–Kier alpha value is -0.0800. The Labute approximate surface area is 70.0 Å². The van der Waals surface area contributed by atoms with Crippen LogP contribution in [0.5, 0.6) is 0 Å². The van der Waals surface area contributed by atoms with Gasteiger partial charge in [0.15, 0.2) is 0 Å². The normalized spacial score (nSPS) is 30.5. The molecule has 11 heavy (non-hydrogen) atoms. The molecule has 1 aliphatic carbocycles. The zero-order valence-electron chi connectivity index (χ0n) is 7.93. The van der Waals surface area contributed by atoms with Gasteiger partial charge in [-0.05, 0) is 38.3 Å². The molecule has 2 unspecified atom stereocenters. The van der Waals surface area contributed by atoms with Crippen LogP contribution in [0.2, 0.25) is 0 Å². The molecule has 2 fully saturated rings. The molecule has 1 saturated carbocycles. The average molecular weight is 159 g/mol. The fourth-order valence-electron chi connectivity index (χ4n) is 1.26. The van der Waals surface area contributed by atoms with Crippen LogP contribution in [0.4, 0.5) is 0 Å². The van der Waals surface area contributed by atoms with Crippen molar-refractivity contribution in [3.8, 4) is 0 Å². The van der Waals surface area contributed by atoms with Crippen molar-refractivity contribution in [1.82, 2.24) is 5.32 Å². The van der Waals surface area contributed by atoms with Crippen molar-refractivity contribution in [2.75, 3.05) is 19.7 Å². The van der Waals surface area contributed by atoms with Gasteiger partial charge in [0, 0.05) is 6.61 Å². The van der Waals surface area contributed by atoms with Gasteiger partial charge < -0.3 is 10.4 Å². The van der Waals surface area contributed by atoms with Gasteiger partial charge in [0.1, 0.15) is 0 Å². The van der Waals surface area contributed by atoms with E-state index in [1.807, 2.05) is 13.8 Å². The minimum atomic E-state index is 0.250. The van der Waals surface area contributed by atoms with Crippen molar-refractivity contribution in [3.05, 3.63) is 0 Å². The highest BCUT2D eigenvalue weighted by Crippen LogP contribution is 2.40. The first-order valence-corrected chi connectivity index (χ1v) is 4.70. The van der Waals surface area contributed by atoms with Crippen LogP contribution in [-0.2, 0) is 0 Å². The molecule has 0 bridgehead atoms. The Kier molecular flexibility index (Phi) is 6.57. The molecular weight excluding hydrogens is 138 g/mol. The third-order valence-corrected chi connectivity index (χ3v) is 1.88. The number of hydrogen-bond donors (Lipinski definition) is 2. The van der Waals surface area contributed by atoms with E-state index >= 15 is 0 Å². The lowest BCUT2D eigenvalue weighted by molar-refractivity contribution is 0.318. The quantitative estimate of drug-likeness (QED) is 0.557. The molecule has 0 aromatic heterocycles. The first kappa shape index (κ1) is 10.9. The maximum atomic E-state index is 7.57. The van der Waals surface area contributed by atoms with Crippen molar-refractivity contribution < 1.29 is 5.11 Å². The van der Waals surface area contributed by atoms with Gasteiger partial charge in [0.05, 0.1) is 0 Å². The summed E-state index contributed by atoms with van der Waals surface area (Å²) in [5.74, 6) is 2.20. The fraction of sp³-hybridized carbons (Fsp3) is 1.00. The zero-order valence-corrected chi connectivity index (χ0v) is 7.93. The lowest BCUT2D eigenvalue weighted by Crippen LogP contribution is -2.10. The van der Waals surface area contributed by atoms with Crippen LogP contribution in [0.3, 0.4) is 0 Å². The molecule has 0 spiro atoms. The van der Waals surface area contributed by atoms with E-state index in [1.54, 1.807) is 6.92 Å². The van der Waals surface area contributed by atoms with E-state index in [-0.39, 0.29) is 6.61 Å². The Morgan fingerprint density at radius 1 is 1.27 bits per heavy atom. The van der Waals surface area contributed by atoms with Gasteiger partial charge in [0.25, 0.3) is 0 Å². The molecule has 0 amide bonds. The molecule has 2 atom stereocenters. The molecule has 1 aliphatic heterocycles. The number of nitrogens with one attached hydrogen (secondary N) is 1.